The van der Waals surface area contributed by atoms with Gasteiger partial charge in [-0.25, -0.2) is 0 Å². The summed E-state index contributed by atoms with van der Waals surface area (Å²) in [6.07, 6.45) is 4.50. The quantitative estimate of drug-likeness (QED) is 0.519. The van der Waals surface area contributed by atoms with Crippen molar-refractivity contribution < 1.29 is 14.3 Å². The standard InChI is InChI=1S/C30H39N3O3/c1-6-28(34)33-21(2)19-26(25-9-7-8-10-27(25)33)31-24-13-11-22(12-14-24)23-15-17-32(18-16-23)20-29(35)36-30(3,4)5/h7-15,21,26,31H,6,16-20H2,1-5H3/t21-,26+/m0/s1. The molecule has 2 heterocycles. The highest BCUT2D eigenvalue weighted by atomic mass is 16.6. The minimum absolute atomic E-state index is 0.139. The van der Waals surface area contributed by atoms with Crippen LogP contribution in [0.2, 0.25) is 0 Å². The van der Waals surface area contributed by atoms with E-state index in [0.29, 0.717) is 13.0 Å². The maximum Gasteiger partial charge on any atom is 0.320 e. The third-order valence-corrected chi connectivity index (χ3v) is 6.82. The van der Waals surface area contributed by atoms with Crippen molar-refractivity contribution in [3.8, 4) is 0 Å². The summed E-state index contributed by atoms with van der Waals surface area (Å²) in [6, 6.07) is 17.1. The van der Waals surface area contributed by atoms with Crippen LogP contribution < -0.4 is 10.2 Å². The number of hydrogen-bond donors (Lipinski definition) is 1. The third-order valence-electron chi connectivity index (χ3n) is 6.82. The summed E-state index contributed by atoms with van der Waals surface area (Å²) in [4.78, 5) is 28.8. The second kappa shape index (κ2) is 10.9. The molecule has 0 fully saturated rings. The first-order valence-corrected chi connectivity index (χ1v) is 13.1. The summed E-state index contributed by atoms with van der Waals surface area (Å²) < 4.78 is 5.45. The molecule has 2 aromatic carbocycles. The molecule has 0 spiro atoms. The third kappa shape index (κ3) is 6.16. The molecule has 0 saturated carbocycles. The predicted octanol–water partition coefficient (Wildman–Crippen LogP) is 5.81. The molecule has 2 aliphatic heterocycles. The highest BCUT2D eigenvalue weighted by molar-refractivity contribution is 5.95. The van der Waals surface area contributed by atoms with Gasteiger partial charge in [-0.3, -0.25) is 14.5 Å². The zero-order valence-electron chi connectivity index (χ0n) is 22.2. The Morgan fingerprint density at radius 3 is 2.44 bits per heavy atom. The summed E-state index contributed by atoms with van der Waals surface area (Å²) in [6.45, 7) is 11.7. The molecule has 0 saturated heterocycles. The van der Waals surface area contributed by atoms with Crippen LogP contribution in [0.4, 0.5) is 11.4 Å². The number of benzene rings is 2. The van der Waals surface area contributed by atoms with Crippen LogP contribution >= 0.6 is 0 Å². The van der Waals surface area contributed by atoms with Gasteiger partial charge in [-0.15, -0.1) is 0 Å². The molecule has 0 aliphatic carbocycles. The van der Waals surface area contributed by atoms with Gasteiger partial charge in [0.15, 0.2) is 0 Å². The van der Waals surface area contributed by atoms with Gasteiger partial charge in [0.1, 0.15) is 5.60 Å². The number of anilines is 2. The Morgan fingerprint density at radius 1 is 1.08 bits per heavy atom. The lowest BCUT2D eigenvalue weighted by Gasteiger charge is -2.40. The molecule has 0 radical (unpaired) electrons. The molecule has 2 atom stereocenters. The van der Waals surface area contributed by atoms with E-state index in [1.165, 1.54) is 16.7 Å². The highest BCUT2D eigenvalue weighted by Crippen LogP contribution is 2.39. The van der Waals surface area contributed by atoms with Crippen LogP contribution in [-0.4, -0.2) is 48.1 Å². The van der Waals surface area contributed by atoms with Crippen LogP contribution in [-0.2, 0) is 14.3 Å². The summed E-state index contributed by atoms with van der Waals surface area (Å²) >= 11 is 0. The van der Waals surface area contributed by atoms with Crippen molar-refractivity contribution in [2.24, 2.45) is 0 Å². The number of hydrogen-bond acceptors (Lipinski definition) is 5. The molecule has 6 nitrogen and oxygen atoms in total. The zero-order valence-corrected chi connectivity index (χ0v) is 22.2. The first kappa shape index (κ1) is 26.0. The van der Waals surface area contributed by atoms with E-state index in [1.807, 2.05) is 44.7 Å². The Kier molecular flexibility index (Phi) is 7.84. The molecular formula is C30H39N3O3. The molecule has 4 rings (SSSR count). The number of carbonyl (C=O) groups is 2. The monoisotopic (exact) mass is 489 g/mol. The van der Waals surface area contributed by atoms with E-state index in [1.54, 1.807) is 0 Å². The fourth-order valence-electron chi connectivity index (χ4n) is 5.15. The van der Waals surface area contributed by atoms with Crippen LogP contribution in [0.5, 0.6) is 0 Å². The molecule has 36 heavy (non-hydrogen) atoms. The molecule has 192 valence electrons. The van der Waals surface area contributed by atoms with E-state index in [9.17, 15) is 9.59 Å². The van der Waals surface area contributed by atoms with Gasteiger partial charge in [-0.1, -0.05) is 43.3 Å². The lowest BCUT2D eigenvalue weighted by Crippen LogP contribution is -2.44. The maximum atomic E-state index is 12.6. The Hall–Kier alpha value is -3.12. The highest BCUT2D eigenvalue weighted by Gasteiger charge is 2.32. The zero-order chi connectivity index (χ0) is 25.9. The van der Waals surface area contributed by atoms with Gasteiger partial charge < -0.3 is 15.0 Å². The van der Waals surface area contributed by atoms with Crippen LogP contribution in [0.3, 0.4) is 0 Å². The average molecular weight is 490 g/mol. The Labute approximate surface area is 215 Å². The van der Waals surface area contributed by atoms with Crippen molar-refractivity contribution in [3.63, 3.8) is 0 Å². The van der Waals surface area contributed by atoms with E-state index >= 15 is 0 Å². The van der Waals surface area contributed by atoms with Gasteiger partial charge in [-0.05, 0) is 75.4 Å². The Morgan fingerprint density at radius 2 is 1.81 bits per heavy atom. The lowest BCUT2D eigenvalue weighted by atomic mass is 9.91. The van der Waals surface area contributed by atoms with Gasteiger partial charge in [0, 0.05) is 36.9 Å². The van der Waals surface area contributed by atoms with Crippen molar-refractivity contribution in [2.45, 2.75) is 71.6 Å². The summed E-state index contributed by atoms with van der Waals surface area (Å²) in [5, 5.41) is 3.71. The fourth-order valence-corrected chi connectivity index (χ4v) is 5.15. The van der Waals surface area contributed by atoms with Crippen molar-refractivity contribution in [1.29, 1.82) is 0 Å². The average Bonchev–Trinajstić information content (AvgIpc) is 2.83. The summed E-state index contributed by atoms with van der Waals surface area (Å²) in [5.74, 6) is -0.00117. The van der Waals surface area contributed by atoms with Gasteiger partial charge >= 0.3 is 5.97 Å². The molecular weight excluding hydrogens is 450 g/mol. The SMILES string of the molecule is CCC(=O)N1c2ccccc2[C@H](Nc2ccc(C3=CCN(CC(=O)OC(C)(C)C)CC3)cc2)C[C@@H]1C. The van der Waals surface area contributed by atoms with Gasteiger partial charge in [0.25, 0.3) is 0 Å². The molecule has 1 amide bonds. The van der Waals surface area contributed by atoms with Crippen LogP contribution in [0.15, 0.2) is 54.6 Å². The first-order chi connectivity index (χ1) is 17.1. The number of esters is 1. The summed E-state index contributed by atoms with van der Waals surface area (Å²) in [5.41, 5.74) is 5.33. The van der Waals surface area contributed by atoms with E-state index < -0.39 is 5.60 Å². The van der Waals surface area contributed by atoms with Gasteiger partial charge in [0.05, 0.1) is 12.6 Å². The number of amides is 1. The van der Waals surface area contributed by atoms with Crippen molar-refractivity contribution >= 4 is 28.8 Å². The smallest absolute Gasteiger partial charge is 0.320 e. The maximum absolute atomic E-state index is 12.6. The predicted molar refractivity (Wildman–Crippen MR) is 146 cm³/mol. The second-order valence-corrected chi connectivity index (χ2v) is 10.8. The van der Waals surface area contributed by atoms with Crippen molar-refractivity contribution in [1.82, 2.24) is 4.90 Å². The lowest BCUT2D eigenvalue weighted by molar-refractivity contribution is -0.156. The minimum Gasteiger partial charge on any atom is -0.459 e. The Bertz CT molecular complexity index is 1120. The van der Waals surface area contributed by atoms with Crippen molar-refractivity contribution in [2.75, 3.05) is 29.9 Å². The molecule has 6 heteroatoms. The second-order valence-electron chi connectivity index (χ2n) is 10.8. The molecule has 0 bridgehead atoms. The number of nitrogens with one attached hydrogen (secondary N) is 1. The first-order valence-electron chi connectivity index (χ1n) is 13.1. The van der Waals surface area contributed by atoms with E-state index in [-0.39, 0.29) is 24.0 Å². The number of ether oxygens (including phenoxy) is 1. The normalized spacial score (nSPS) is 20.4. The molecule has 2 aromatic rings. The fraction of sp³-hybridized carbons (Fsp3) is 0.467. The van der Waals surface area contributed by atoms with Crippen LogP contribution in [0.25, 0.3) is 5.57 Å². The molecule has 0 unspecified atom stereocenters. The van der Waals surface area contributed by atoms with Gasteiger partial charge in [-0.2, -0.15) is 0 Å². The largest absolute Gasteiger partial charge is 0.459 e. The molecule has 0 aromatic heterocycles. The van der Waals surface area contributed by atoms with E-state index in [0.717, 1.165) is 37.3 Å². The molecule has 1 N–H and O–H groups in total. The van der Waals surface area contributed by atoms with E-state index in [4.69, 9.17) is 4.74 Å². The van der Waals surface area contributed by atoms with Crippen LogP contribution in [0.1, 0.15) is 71.0 Å². The van der Waals surface area contributed by atoms with Gasteiger partial charge in [0.2, 0.25) is 5.91 Å². The number of nitrogens with zero attached hydrogens (tertiary/aromatic N) is 2. The number of fused-ring (bicyclic) bond motifs is 1. The van der Waals surface area contributed by atoms with Crippen molar-refractivity contribution in [3.05, 3.63) is 65.7 Å². The number of para-hydroxylation sites is 1. The van der Waals surface area contributed by atoms with E-state index in [2.05, 4.69) is 59.6 Å². The summed E-state index contributed by atoms with van der Waals surface area (Å²) in [7, 11) is 0. The minimum atomic E-state index is -0.451. The topological polar surface area (TPSA) is 61.9 Å². The number of rotatable bonds is 6. The molecule has 2 aliphatic rings. The Balaban J connectivity index is 1.40. The van der Waals surface area contributed by atoms with Crippen LogP contribution in [0, 0.1) is 0 Å². The number of carbonyl (C=O) groups excluding carboxylic acids is 2.